The third-order valence-electron chi connectivity index (χ3n) is 4.11. The number of nitrogens with zero attached hydrogens (tertiary/aromatic N) is 3. The summed E-state index contributed by atoms with van der Waals surface area (Å²) in [6.07, 6.45) is 6.37. The number of ether oxygens (including phenoxy) is 3. The molecule has 1 saturated heterocycles. The molecule has 8 heteroatoms. The average molecular weight is 333 g/mol. The van der Waals surface area contributed by atoms with Gasteiger partial charge in [-0.05, 0) is 19.3 Å². The van der Waals surface area contributed by atoms with Crippen molar-refractivity contribution in [2.75, 3.05) is 25.6 Å². The molecule has 0 unspecified atom stereocenters. The number of anilines is 2. The van der Waals surface area contributed by atoms with E-state index in [1.807, 2.05) is 0 Å². The highest BCUT2D eigenvalue weighted by atomic mass is 16.5. The maximum Gasteiger partial charge on any atom is 0.234 e. The van der Waals surface area contributed by atoms with Crippen LogP contribution in [0.25, 0.3) is 0 Å². The molecule has 3 heterocycles. The Balaban J connectivity index is 1.65. The number of hydrogen-bond donors (Lipinski definition) is 2. The molecule has 0 saturated carbocycles. The van der Waals surface area contributed by atoms with Crippen LogP contribution in [0.5, 0.6) is 11.8 Å². The van der Waals surface area contributed by atoms with Gasteiger partial charge in [-0.15, -0.1) is 0 Å². The van der Waals surface area contributed by atoms with E-state index in [0.717, 1.165) is 32.5 Å². The minimum absolute atomic E-state index is 0.129. The monoisotopic (exact) mass is 333 g/mol. The normalized spacial score (nSPS) is 16.6. The van der Waals surface area contributed by atoms with E-state index in [0.29, 0.717) is 29.3 Å². The van der Waals surface area contributed by atoms with Gasteiger partial charge >= 0.3 is 0 Å². The zero-order valence-electron chi connectivity index (χ0n) is 14.0. The Morgan fingerprint density at radius 3 is 2.88 bits per heavy atom. The van der Waals surface area contributed by atoms with Gasteiger partial charge in [0.2, 0.25) is 11.8 Å². The fourth-order valence-electron chi connectivity index (χ4n) is 2.82. The van der Waals surface area contributed by atoms with Crippen molar-refractivity contribution in [1.29, 1.82) is 0 Å². The van der Waals surface area contributed by atoms with E-state index in [1.54, 1.807) is 25.6 Å². The molecule has 2 aromatic rings. The molecule has 2 N–H and O–H groups in total. The van der Waals surface area contributed by atoms with Gasteiger partial charge in [-0.25, -0.2) is 5.10 Å². The molecule has 0 amide bonds. The molecule has 1 aliphatic rings. The molecule has 2 aromatic heterocycles. The van der Waals surface area contributed by atoms with Crippen molar-refractivity contribution in [2.45, 2.75) is 32.3 Å². The Bertz CT molecular complexity index is 642. The molecule has 3 rings (SSSR count). The lowest BCUT2D eigenvalue weighted by molar-refractivity contribution is 0.0152. The first-order valence-electron chi connectivity index (χ1n) is 8.21. The van der Waals surface area contributed by atoms with Crippen LogP contribution < -0.4 is 14.8 Å². The van der Waals surface area contributed by atoms with Crippen LogP contribution in [0.4, 0.5) is 11.6 Å². The first-order chi connectivity index (χ1) is 11.8. The summed E-state index contributed by atoms with van der Waals surface area (Å²) in [6, 6.07) is 1.74. The molecular formula is C16H23N5O3. The highest BCUT2D eigenvalue weighted by Crippen LogP contribution is 2.25. The molecule has 1 atom stereocenters. The second-order valence-electron chi connectivity index (χ2n) is 5.70. The second kappa shape index (κ2) is 7.96. The summed E-state index contributed by atoms with van der Waals surface area (Å²) >= 11 is 0. The number of methoxy groups -OCH3 is 1. The Hall–Kier alpha value is -2.35. The number of aromatic amines is 1. The van der Waals surface area contributed by atoms with Crippen LogP contribution in [-0.4, -0.2) is 46.6 Å². The SMILES string of the molecule is CC[C@H](Oc1cncc(Nc2cc(OC)[nH]n2)n1)C1CCOCC1. The molecule has 0 bridgehead atoms. The van der Waals surface area contributed by atoms with Gasteiger partial charge in [0.15, 0.2) is 11.6 Å². The number of H-pyrrole nitrogens is 1. The minimum Gasteiger partial charge on any atom is -0.481 e. The molecule has 0 aliphatic carbocycles. The van der Waals surface area contributed by atoms with Crippen molar-refractivity contribution in [3.63, 3.8) is 0 Å². The summed E-state index contributed by atoms with van der Waals surface area (Å²) in [6.45, 7) is 3.74. The summed E-state index contributed by atoms with van der Waals surface area (Å²) in [5, 5.41) is 9.90. The average Bonchev–Trinajstić information content (AvgIpc) is 3.08. The van der Waals surface area contributed by atoms with E-state index in [9.17, 15) is 0 Å². The van der Waals surface area contributed by atoms with Gasteiger partial charge in [-0.1, -0.05) is 6.92 Å². The van der Waals surface area contributed by atoms with Crippen molar-refractivity contribution in [3.05, 3.63) is 18.5 Å². The molecule has 0 aromatic carbocycles. The van der Waals surface area contributed by atoms with Gasteiger partial charge in [0.25, 0.3) is 0 Å². The number of aromatic nitrogens is 4. The summed E-state index contributed by atoms with van der Waals surface area (Å²) in [5.41, 5.74) is 0. The number of hydrogen-bond acceptors (Lipinski definition) is 7. The zero-order valence-corrected chi connectivity index (χ0v) is 14.0. The van der Waals surface area contributed by atoms with Gasteiger partial charge in [0.05, 0.1) is 19.5 Å². The summed E-state index contributed by atoms with van der Waals surface area (Å²) in [5.74, 6) is 2.76. The van der Waals surface area contributed by atoms with Crippen LogP contribution in [0.3, 0.4) is 0 Å². The van der Waals surface area contributed by atoms with E-state index >= 15 is 0 Å². The highest BCUT2D eigenvalue weighted by molar-refractivity contribution is 5.51. The van der Waals surface area contributed by atoms with Crippen LogP contribution in [-0.2, 0) is 4.74 Å². The van der Waals surface area contributed by atoms with Crippen molar-refractivity contribution in [2.24, 2.45) is 5.92 Å². The van der Waals surface area contributed by atoms with Crippen molar-refractivity contribution < 1.29 is 14.2 Å². The molecule has 0 radical (unpaired) electrons. The second-order valence-corrected chi connectivity index (χ2v) is 5.70. The molecule has 8 nitrogen and oxygen atoms in total. The Morgan fingerprint density at radius 1 is 1.33 bits per heavy atom. The maximum absolute atomic E-state index is 6.09. The quantitative estimate of drug-likeness (QED) is 0.804. The molecule has 130 valence electrons. The molecule has 0 spiro atoms. The fraction of sp³-hybridized carbons (Fsp3) is 0.562. The smallest absolute Gasteiger partial charge is 0.234 e. The lowest BCUT2D eigenvalue weighted by Crippen LogP contribution is -2.31. The standard InChI is InChI=1S/C16H23N5O3/c1-3-12(11-4-6-23-7-5-11)24-16-10-17-9-14(19-16)18-13-8-15(22-2)21-20-13/h8-12H,3-7H2,1-2H3,(H2,18,19,20,21)/t12-/m0/s1. The van der Waals surface area contributed by atoms with E-state index in [-0.39, 0.29) is 6.10 Å². The van der Waals surface area contributed by atoms with Gasteiger partial charge in [-0.2, -0.15) is 10.1 Å². The molecule has 24 heavy (non-hydrogen) atoms. The van der Waals surface area contributed by atoms with E-state index in [1.165, 1.54) is 0 Å². The Labute approximate surface area is 140 Å². The Kier molecular flexibility index (Phi) is 5.47. The first kappa shape index (κ1) is 16.5. The maximum atomic E-state index is 6.09. The third kappa shape index (κ3) is 4.14. The largest absolute Gasteiger partial charge is 0.481 e. The van der Waals surface area contributed by atoms with Crippen molar-refractivity contribution in [1.82, 2.24) is 20.2 Å². The number of nitrogens with one attached hydrogen (secondary N) is 2. The van der Waals surface area contributed by atoms with E-state index < -0.39 is 0 Å². The third-order valence-corrected chi connectivity index (χ3v) is 4.11. The van der Waals surface area contributed by atoms with Crippen molar-refractivity contribution in [3.8, 4) is 11.8 Å². The van der Waals surface area contributed by atoms with Gasteiger partial charge in [-0.3, -0.25) is 4.98 Å². The van der Waals surface area contributed by atoms with Crippen LogP contribution in [0.2, 0.25) is 0 Å². The molecule has 1 aliphatic heterocycles. The highest BCUT2D eigenvalue weighted by Gasteiger charge is 2.24. The van der Waals surface area contributed by atoms with Crippen LogP contribution >= 0.6 is 0 Å². The van der Waals surface area contributed by atoms with Gasteiger partial charge < -0.3 is 19.5 Å². The molecular weight excluding hydrogens is 310 g/mol. The zero-order chi connectivity index (χ0) is 16.8. The van der Waals surface area contributed by atoms with Crippen molar-refractivity contribution >= 4 is 11.6 Å². The lowest BCUT2D eigenvalue weighted by Gasteiger charge is -2.29. The van der Waals surface area contributed by atoms with E-state index in [2.05, 4.69) is 32.4 Å². The summed E-state index contributed by atoms with van der Waals surface area (Å²) < 4.78 is 16.6. The lowest BCUT2D eigenvalue weighted by atomic mass is 9.92. The van der Waals surface area contributed by atoms with Crippen LogP contribution in [0.1, 0.15) is 26.2 Å². The van der Waals surface area contributed by atoms with Crippen LogP contribution in [0, 0.1) is 5.92 Å². The topological polar surface area (TPSA) is 94.2 Å². The summed E-state index contributed by atoms with van der Waals surface area (Å²) in [4.78, 5) is 8.66. The predicted molar refractivity (Wildman–Crippen MR) is 88.7 cm³/mol. The minimum atomic E-state index is 0.129. The van der Waals surface area contributed by atoms with Gasteiger partial charge in [0, 0.05) is 25.2 Å². The van der Waals surface area contributed by atoms with Crippen LogP contribution in [0.15, 0.2) is 18.5 Å². The molecule has 1 fully saturated rings. The number of rotatable bonds is 7. The summed E-state index contributed by atoms with van der Waals surface area (Å²) in [7, 11) is 1.58. The fourth-order valence-corrected chi connectivity index (χ4v) is 2.82. The first-order valence-corrected chi connectivity index (χ1v) is 8.21. The van der Waals surface area contributed by atoms with E-state index in [4.69, 9.17) is 14.2 Å². The Morgan fingerprint density at radius 2 is 2.17 bits per heavy atom. The predicted octanol–water partition coefficient (Wildman–Crippen LogP) is 2.54. The van der Waals surface area contributed by atoms with Gasteiger partial charge in [0.1, 0.15) is 6.10 Å².